The van der Waals surface area contributed by atoms with Crippen LogP contribution in [0.3, 0.4) is 0 Å². The summed E-state index contributed by atoms with van der Waals surface area (Å²) in [4.78, 5) is 10.4. The van der Waals surface area contributed by atoms with Gasteiger partial charge < -0.3 is 21.4 Å². The maximum atomic E-state index is 10.4. The van der Waals surface area contributed by atoms with E-state index in [0.29, 0.717) is 5.56 Å². The molecule has 86 valence electrons. The molecule has 1 amide bonds. The van der Waals surface area contributed by atoms with Gasteiger partial charge in [0.25, 0.3) is 0 Å². The normalized spacial score (nSPS) is 13.2. The van der Waals surface area contributed by atoms with E-state index in [1.807, 2.05) is 0 Å². The summed E-state index contributed by atoms with van der Waals surface area (Å²) in [5.41, 5.74) is 6.77. The van der Waals surface area contributed by atoms with Crippen molar-refractivity contribution in [2.24, 2.45) is 10.9 Å². The van der Waals surface area contributed by atoms with Crippen molar-refractivity contribution < 1.29 is 15.1 Å². The Labute approximate surface area is 92.4 Å². The van der Waals surface area contributed by atoms with E-state index in [-0.39, 0.29) is 11.9 Å². The molecule has 0 saturated carbocycles. The van der Waals surface area contributed by atoms with Crippen LogP contribution in [-0.4, -0.2) is 22.2 Å². The number of nitrogens with zero attached hydrogens (tertiary/aromatic N) is 1. The molecule has 1 aromatic carbocycles. The molecule has 1 rings (SSSR count). The van der Waals surface area contributed by atoms with Gasteiger partial charge in [-0.05, 0) is 12.5 Å². The minimum absolute atomic E-state index is 0.0189. The van der Waals surface area contributed by atoms with E-state index in [1.165, 1.54) is 0 Å². The molecule has 0 aliphatic heterocycles. The summed E-state index contributed by atoms with van der Waals surface area (Å²) >= 11 is 0. The van der Waals surface area contributed by atoms with E-state index in [2.05, 4.69) is 10.5 Å². The molecule has 1 aromatic rings. The summed E-state index contributed by atoms with van der Waals surface area (Å²) in [6.07, 6.45) is -1.08. The van der Waals surface area contributed by atoms with Crippen molar-refractivity contribution in [2.45, 2.75) is 13.0 Å². The minimum atomic E-state index is -1.08. The van der Waals surface area contributed by atoms with Crippen LogP contribution in [0.15, 0.2) is 29.4 Å². The summed E-state index contributed by atoms with van der Waals surface area (Å²) < 4.78 is 0. The highest BCUT2D eigenvalue weighted by Gasteiger charge is 2.08. The van der Waals surface area contributed by atoms with Gasteiger partial charge in [-0.15, -0.1) is 0 Å². The second-order valence-electron chi connectivity index (χ2n) is 3.28. The minimum Gasteiger partial charge on any atom is -0.465 e. The van der Waals surface area contributed by atoms with Gasteiger partial charge in [0.05, 0.1) is 6.04 Å². The molecular weight excluding hydrogens is 210 g/mol. The van der Waals surface area contributed by atoms with Gasteiger partial charge >= 0.3 is 6.09 Å². The zero-order chi connectivity index (χ0) is 12.1. The second-order valence-corrected chi connectivity index (χ2v) is 3.28. The summed E-state index contributed by atoms with van der Waals surface area (Å²) in [6, 6.07) is 6.44. The number of amidine groups is 1. The van der Waals surface area contributed by atoms with E-state index in [1.54, 1.807) is 31.2 Å². The van der Waals surface area contributed by atoms with E-state index >= 15 is 0 Å². The first kappa shape index (κ1) is 11.8. The first-order valence-electron chi connectivity index (χ1n) is 4.62. The molecule has 0 bridgehead atoms. The number of hydrogen-bond donors (Lipinski definition) is 4. The van der Waals surface area contributed by atoms with E-state index in [9.17, 15) is 4.79 Å². The van der Waals surface area contributed by atoms with Crippen LogP contribution in [0.2, 0.25) is 0 Å². The number of nitrogens with one attached hydrogen (secondary N) is 1. The van der Waals surface area contributed by atoms with Gasteiger partial charge in [-0.2, -0.15) is 0 Å². The molecule has 0 aromatic heterocycles. The molecule has 0 aliphatic rings. The Morgan fingerprint density at radius 1 is 1.44 bits per heavy atom. The number of amides is 1. The van der Waals surface area contributed by atoms with Crippen LogP contribution >= 0.6 is 0 Å². The first-order valence-corrected chi connectivity index (χ1v) is 4.62. The molecule has 0 radical (unpaired) electrons. The first-order chi connectivity index (χ1) is 7.54. The van der Waals surface area contributed by atoms with Crippen molar-refractivity contribution in [3.63, 3.8) is 0 Å². The van der Waals surface area contributed by atoms with Crippen LogP contribution in [0.5, 0.6) is 0 Å². The Kier molecular flexibility index (Phi) is 3.71. The number of benzene rings is 1. The lowest BCUT2D eigenvalue weighted by Crippen LogP contribution is -2.24. The van der Waals surface area contributed by atoms with E-state index in [0.717, 1.165) is 5.56 Å². The molecule has 5 N–H and O–H groups in total. The smallest absolute Gasteiger partial charge is 0.405 e. The molecule has 0 fully saturated rings. The molecule has 0 spiro atoms. The molecule has 16 heavy (non-hydrogen) atoms. The molecule has 6 nitrogen and oxygen atoms in total. The zero-order valence-electron chi connectivity index (χ0n) is 8.71. The van der Waals surface area contributed by atoms with E-state index in [4.69, 9.17) is 16.0 Å². The summed E-state index contributed by atoms with van der Waals surface area (Å²) in [7, 11) is 0. The van der Waals surface area contributed by atoms with Crippen LogP contribution < -0.4 is 11.1 Å². The van der Waals surface area contributed by atoms with Crippen LogP contribution in [0.25, 0.3) is 0 Å². The molecule has 0 saturated heterocycles. The van der Waals surface area contributed by atoms with Gasteiger partial charge in [0, 0.05) is 5.56 Å². The fourth-order valence-corrected chi connectivity index (χ4v) is 1.27. The number of oxime groups is 1. The maximum absolute atomic E-state index is 10.4. The van der Waals surface area contributed by atoms with Crippen LogP contribution in [0, 0.1) is 0 Å². The second kappa shape index (κ2) is 5.01. The predicted octanol–water partition coefficient (Wildman–Crippen LogP) is 1.11. The third kappa shape index (κ3) is 2.88. The highest BCUT2D eigenvalue weighted by Crippen LogP contribution is 2.13. The fraction of sp³-hybridized carbons (Fsp3) is 0.200. The van der Waals surface area contributed by atoms with E-state index < -0.39 is 6.09 Å². The molecule has 1 atom stereocenters. The van der Waals surface area contributed by atoms with Crippen molar-refractivity contribution in [1.29, 1.82) is 0 Å². The average Bonchev–Trinajstić information content (AvgIpc) is 2.27. The van der Waals surface area contributed by atoms with Crippen LogP contribution in [0.4, 0.5) is 4.79 Å². The quantitative estimate of drug-likeness (QED) is 0.266. The van der Waals surface area contributed by atoms with Gasteiger partial charge in [-0.25, -0.2) is 4.79 Å². The van der Waals surface area contributed by atoms with Gasteiger partial charge in [0.1, 0.15) is 0 Å². The fourth-order valence-electron chi connectivity index (χ4n) is 1.27. The average molecular weight is 223 g/mol. The molecule has 0 heterocycles. The summed E-state index contributed by atoms with van der Waals surface area (Å²) in [5, 5.41) is 22.2. The highest BCUT2D eigenvalue weighted by atomic mass is 16.4. The van der Waals surface area contributed by atoms with Crippen molar-refractivity contribution in [1.82, 2.24) is 5.32 Å². The highest BCUT2D eigenvalue weighted by molar-refractivity contribution is 5.96. The largest absolute Gasteiger partial charge is 0.465 e. The van der Waals surface area contributed by atoms with Gasteiger partial charge in [0.15, 0.2) is 5.84 Å². The zero-order valence-corrected chi connectivity index (χ0v) is 8.71. The Hall–Kier alpha value is -2.24. The Morgan fingerprint density at radius 3 is 2.44 bits per heavy atom. The number of nitrogens with two attached hydrogens (primary N) is 1. The van der Waals surface area contributed by atoms with Crippen LogP contribution in [-0.2, 0) is 0 Å². The third-order valence-corrected chi connectivity index (χ3v) is 2.15. The Morgan fingerprint density at radius 2 is 2.00 bits per heavy atom. The predicted molar refractivity (Wildman–Crippen MR) is 58.5 cm³/mol. The maximum Gasteiger partial charge on any atom is 0.405 e. The van der Waals surface area contributed by atoms with Gasteiger partial charge in [-0.3, -0.25) is 0 Å². The molecular formula is C10H13N3O3. The SMILES string of the molecule is C[C@H](NC(=O)O)c1ccc(/C(N)=N\O)cc1. The van der Waals surface area contributed by atoms with Crippen molar-refractivity contribution >= 4 is 11.9 Å². The number of carboxylic acid groups (broad SMARTS) is 1. The lowest BCUT2D eigenvalue weighted by Gasteiger charge is -2.11. The standard InChI is InChI=1S/C10H13N3O3/c1-6(12-10(14)15)7-2-4-8(5-3-7)9(11)13-16/h2-6,12,16H,1H3,(H2,11,13)(H,14,15)/t6-/m0/s1. The Bertz CT molecular complexity index is 400. The van der Waals surface area contributed by atoms with Crippen molar-refractivity contribution in [3.05, 3.63) is 35.4 Å². The molecule has 6 heteroatoms. The van der Waals surface area contributed by atoms with Crippen LogP contribution in [0.1, 0.15) is 24.1 Å². The Balaban J connectivity index is 2.82. The monoisotopic (exact) mass is 223 g/mol. The lowest BCUT2D eigenvalue weighted by atomic mass is 10.1. The summed E-state index contributed by atoms with van der Waals surface area (Å²) in [6.45, 7) is 1.73. The number of rotatable bonds is 3. The molecule has 0 unspecified atom stereocenters. The summed E-state index contributed by atoms with van der Waals surface area (Å²) in [5.74, 6) is 0.0189. The van der Waals surface area contributed by atoms with Gasteiger partial charge in [0.2, 0.25) is 0 Å². The topological polar surface area (TPSA) is 108 Å². The molecule has 0 aliphatic carbocycles. The number of carbonyl (C=O) groups is 1. The number of hydrogen-bond acceptors (Lipinski definition) is 3. The third-order valence-electron chi connectivity index (χ3n) is 2.15. The van der Waals surface area contributed by atoms with Gasteiger partial charge in [-0.1, -0.05) is 29.4 Å². The van der Waals surface area contributed by atoms with Crippen molar-refractivity contribution in [3.8, 4) is 0 Å². The van der Waals surface area contributed by atoms with Crippen molar-refractivity contribution in [2.75, 3.05) is 0 Å². The lowest BCUT2D eigenvalue weighted by molar-refractivity contribution is 0.191.